The summed E-state index contributed by atoms with van der Waals surface area (Å²) in [5, 5.41) is 9.61. The Morgan fingerprint density at radius 3 is 3.00 bits per heavy atom. The normalized spacial score (nSPS) is 23.8. The minimum atomic E-state index is -0.644. The Hall–Kier alpha value is -2.75. The van der Waals surface area contributed by atoms with E-state index in [2.05, 4.69) is 21.8 Å². The van der Waals surface area contributed by atoms with Crippen LogP contribution in [0.25, 0.3) is 22.4 Å². The van der Waals surface area contributed by atoms with Gasteiger partial charge in [0, 0.05) is 30.7 Å². The predicted octanol–water partition coefficient (Wildman–Crippen LogP) is 1.95. The van der Waals surface area contributed by atoms with Gasteiger partial charge in [-0.2, -0.15) is 0 Å². The molecule has 1 aromatic carbocycles. The molecule has 1 saturated heterocycles. The molecule has 0 saturated carbocycles. The third-order valence-corrected chi connectivity index (χ3v) is 6.01. The molecule has 4 heterocycles. The van der Waals surface area contributed by atoms with Gasteiger partial charge < -0.3 is 30.2 Å². The van der Waals surface area contributed by atoms with E-state index in [9.17, 15) is 5.11 Å². The van der Waals surface area contributed by atoms with Gasteiger partial charge >= 0.3 is 0 Å². The lowest BCUT2D eigenvalue weighted by Crippen LogP contribution is -2.44. The maximum atomic E-state index is 9.61. The Morgan fingerprint density at radius 1 is 1.33 bits per heavy atom. The molecule has 2 atom stereocenters. The molecular weight excluding hydrogens is 384 g/mol. The molecule has 9 heteroatoms. The van der Waals surface area contributed by atoms with Crippen LogP contribution in [0, 0.1) is 0 Å². The van der Waals surface area contributed by atoms with E-state index < -0.39 is 5.60 Å². The van der Waals surface area contributed by atoms with Crippen molar-refractivity contribution in [2.75, 3.05) is 37.0 Å². The number of aliphatic hydroxyl groups is 1. The van der Waals surface area contributed by atoms with Gasteiger partial charge in [0.1, 0.15) is 11.4 Å². The highest BCUT2D eigenvalue weighted by atomic mass is 16.5. The summed E-state index contributed by atoms with van der Waals surface area (Å²) in [7, 11) is 0. The molecule has 3 aromatic rings. The zero-order valence-electron chi connectivity index (χ0n) is 17.2. The van der Waals surface area contributed by atoms with Gasteiger partial charge in [0.15, 0.2) is 11.8 Å². The average molecular weight is 410 g/mol. The molecule has 2 aromatic heterocycles. The fraction of sp³-hybridized carbons (Fsp3) is 0.476. The Kier molecular flexibility index (Phi) is 4.61. The van der Waals surface area contributed by atoms with Crippen molar-refractivity contribution in [1.82, 2.24) is 19.9 Å². The number of benzene rings is 1. The number of H-pyrrole nitrogens is 1. The number of ether oxygens (including phenoxy) is 2. The highest BCUT2D eigenvalue weighted by molar-refractivity contribution is 5.82. The van der Waals surface area contributed by atoms with Gasteiger partial charge in [-0.15, -0.1) is 0 Å². The largest absolute Gasteiger partial charge is 0.396 e. The second kappa shape index (κ2) is 7.19. The van der Waals surface area contributed by atoms with E-state index >= 15 is 0 Å². The minimum absolute atomic E-state index is 0.0257. The molecule has 4 N–H and O–H groups in total. The van der Waals surface area contributed by atoms with Gasteiger partial charge in [0.05, 0.1) is 42.6 Å². The number of morpholine rings is 1. The first-order chi connectivity index (χ1) is 14.5. The first kappa shape index (κ1) is 19.2. The number of aromatic nitrogens is 4. The maximum Gasteiger partial charge on any atom is 0.198 e. The summed E-state index contributed by atoms with van der Waals surface area (Å²) >= 11 is 0. The number of rotatable bonds is 4. The summed E-state index contributed by atoms with van der Waals surface area (Å²) in [6.07, 6.45) is 0.477. The molecule has 2 aliphatic rings. The summed E-state index contributed by atoms with van der Waals surface area (Å²) in [4.78, 5) is 19.5. The van der Waals surface area contributed by atoms with E-state index in [4.69, 9.17) is 25.2 Å². The number of nitrogen functional groups attached to an aromatic ring is 1. The number of fused-ring (bicyclic) bond motifs is 2. The van der Waals surface area contributed by atoms with Crippen molar-refractivity contribution < 1.29 is 14.6 Å². The van der Waals surface area contributed by atoms with Crippen LogP contribution in [0.1, 0.15) is 31.5 Å². The van der Waals surface area contributed by atoms with Crippen molar-refractivity contribution in [2.24, 2.45) is 0 Å². The van der Waals surface area contributed by atoms with Crippen LogP contribution in [0.4, 0.5) is 11.8 Å². The Bertz CT molecular complexity index is 1100. The lowest BCUT2D eigenvalue weighted by Gasteiger charge is -2.35. The van der Waals surface area contributed by atoms with Gasteiger partial charge in [0.25, 0.3) is 0 Å². The van der Waals surface area contributed by atoms with Crippen LogP contribution < -0.4 is 10.6 Å². The zero-order valence-corrected chi connectivity index (χ0v) is 17.2. The second-order valence-electron chi connectivity index (χ2n) is 8.16. The van der Waals surface area contributed by atoms with Crippen molar-refractivity contribution in [1.29, 1.82) is 0 Å². The molecule has 5 rings (SSSR count). The molecule has 2 aliphatic heterocycles. The lowest BCUT2D eigenvalue weighted by molar-refractivity contribution is -0.0410. The van der Waals surface area contributed by atoms with Crippen molar-refractivity contribution in [3.63, 3.8) is 0 Å². The zero-order chi connectivity index (χ0) is 20.9. The van der Waals surface area contributed by atoms with Crippen LogP contribution in [-0.2, 0) is 21.7 Å². The predicted molar refractivity (Wildman–Crippen MR) is 113 cm³/mol. The summed E-state index contributed by atoms with van der Waals surface area (Å²) in [5.74, 6) is 1.88. The van der Waals surface area contributed by atoms with Crippen molar-refractivity contribution in [3.8, 4) is 11.4 Å². The van der Waals surface area contributed by atoms with Gasteiger partial charge in [-0.3, -0.25) is 0 Å². The molecule has 0 aliphatic carbocycles. The molecule has 30 heavy (non-hydrogen) atoms. The molecule has 1 fully saturated rings. The van der Waals surface area contributed by atoms with Crippen LogP contribution >= 0.6 is 0 Å². The summed E-state index contributed by atoms with van der Waals surface area (Å²) in [6, 6.07) is 6.03. The summed E-state index contributed by atoms with van der Waals surface area (Å²) in [5.41, 5.74) is 9.51. The molecular formula is C21H26N6O3. The van der Waals surface area contributed by atoms with Crippen molar-refractivity contribution in [3.05, 3.63) is 29.5 Å². The third kappa shape index (κ3) is 3.10. The van der Waals surface area contributed by atoms with E-state index in [1.54, 1.807) is 0 Å². The number of aliphatic hydroxyl groups excluding tert-OH is 1. The summed E-state index contributed by atoms with van der Waals surface area (Å²) < 4.78 is 11.8. The molecule has 158 valence electrons. The Morgan fingerprint density at radius 2 is 2.20 bits per heavy atom. The van der Waals surface area contributed by atoms with Crippen molar-refractivity contribution in [2.45, 2.75) is 38.5 Å². The molecule has 0 spiro atoms. The number of aromatic amines is 1. The highest BCUT2D eigenvalue weighted by Gasteiger charge is 2.41. The Balaban J connectivity index is 1.68. The average Bonchev–Trinajstić information content (AvgIpc) is 3.27. The molecule has 0 amide bonds. The van der Waals surface area contributed by atoms with E-state index in [0.29, 0.717) is 38.0 Å². The van der Waals surface area contributed by atoms with Gasteiger partial charge in [0.2, 0.25) is 0 Å². The number of nitrogens with one attached hydrogen (secondary N) is 1. The van der Waals surface area contributed by atoms with Gasteiger partial charge in [-0.05, 0) is 32.0 Å². The third-order valence-electron chi connectivity index (χ3n) is 6.01. The first-order valence-corrected chi connectivity index (χ1v) is 10.2. The van der Waals surface area contributed by atoms with Crippen LogP contribution in [0.2, 0.25) is 0 Å². The van der Waals surface area contributed by atoms with E-state index in [0.717, 1.165) is 40.2 Å². The SMILES string of the molecule is C[C@H]1COCCN1c1nc(-c2ccc3nc(N)[nH]c3c2)nc2c1CO[C@]2(C)CCO. The number of nitrogens with zero attached hydrogens (tertiary/aromatic N) is 4. The monoisotopic (exact) mass is 410 g/mol. The van der Waals surface area contributed by atoms with E-state index in [1.807, 2.05) is 25.1 Å². The van der Waals surface area contributed by atoms with E-state index in [-0.39, 0.29) is 12.6 Å². The molecule has 0 unspecified atom stereocenters. The number of hydrogen-bond acceptors (Lipinski definition) is 8. The minimum Gasteiger partial charge on any atom is -0.396 e. The molecule has 0 bridgehead atoms. The molecule has 9 nitrogen and oxygen atoms in total. The number of imidazole rings is 1. The number of hydrogen-bond donors (Lipinski definition) is 3. The van der Waals surface area contributed by atoms with Crippen LogP contribution in [0.3, 0.4) is 0 Å². The number of nitrogens with two attached hydrogens (primary N) is 1. The fourth-order valence-corrected chi connectivity index (χ4v) is 4.32. The topological polar surface area (TPSA) is 122 Å². The first-order valence-electron chi connectivity index (χ1n) is 10.2. The lowest BCUT2D eigenvalue weighted by atomic mass is 9.96. The Labute approximate surface area is 174 Å². The molecule has 0 radical (unpaired) electrons. The smallest absolute Gasteiger partial charge is 0.198 e. The van der Waals surface area contributed by atoms with Gasteiger partial charge in [-0.25, -0.2) is 15.0 Å². The summed E-state index contributed by atoms with van der Waals surface area (Å²) in [6.45, 7) is 6.65. The van der Waals surface area contributed by atoms with Gasteiger partial charge in [-0.1, -0.05) is 0 Å². The van der Waals surface area contributed by atoms with E-state index in [1.165, 1.54) is 0 Å². The quantitative estimate of drug-likeness (QED) is 0.597. The van der Waals surface area contributed by atoms with Crippen LogP contribution in [0.15, 0.2) is 18.2 Å². The van der Waals surface area contributed by atoms with Crippen LogP contribution in [0.5, 0.6) is 0 Å². The van der Waals surface area contributed by atoms with Crippen LogP contribution in [-0.4, -0.2) is 57.4 Å². The highest BCUT2D eigenvalue weighted by Crippen LogP contribution is 2.42. The maximum absolute atomic E-state index is 9.61. The standard InChI is InChI=1S/C21H26N6O3/c1-12-10-29-8-6-27(12)19-14-11-30-21(2,5-7-28)17(14)25-18(26-19)13-3-4-15-16(9-13)24-20(22)23-15/h3-4,9,12,28H,5-8,10-11H2,1-2H3,(H3,22,23,24)/t12-,21+/m0/s1. The van der Waals surface area contributed by atoms with Crippen molar-refractivity contribution >= 4 is 22.8 Å². The fourth-order valence-electron chi connectivity index (χ4n) is 4.32. The number of anilines is 2. The second-order valence-corrected chi connectivity index (χ2v) is 8.16.